The van der Waals surface area contributed by atoms with E-state index in [0.717, 1.165) is 25.1 Å². The minimum Gasteiger partial charge on any atom is -0.444 e. The van der Waals surface area contributed by atoms with Crippen molar-refractivity contribution in [1.82, 2.24) is 14.6 Å². The molecule has 1 aliphatic heterocycles. The van der Waals surface area contributed by atoms with Crippen molar-refractivity contribution < 1.29 is 14.4 Å². The summed E-state index contributed by atoms with van der Waals surface area (Å²) < 4.78 is 6.75. The van der Waals surface area contributed by atoms with Gasteiger partial charge in [-0.3, -0.25) is 4.79 Å². The van der Waals surface area contributed by atoms with E-state index >= 15 is 0 Å². The highest BCUT2D eigenvalue weighted by Gasteiger charge is 2.32. The molecule has 0 aromatic carbocycles. The van der Waals surface area contributed by atoms with Crippen LogP contribution in [0.2, 0.25) is 0 Å². The molecule has 8 nitrogen and oxygen atoms in total. The van der Waals surface area contributed by atoms with Crippen molar-refractivity contribution in [3.05, 3.63) is 21.6 Å². The third-order valence-electron chi connectivity index (χ3n) is 5.62. The molecule has 8 heteroatoms. The molecule has 0 unspecified atom stereocenters. The van der Waals surface area contributed by atoms with Crippen molar-refractivity contribution in [2.24, 2.45) is 0 Å². The van der Waals surface area contributed by atoms with E-state index in [9.17, 15) is 9.59 Å². The predicted octanol–water partition coefficient (Wildman–Crippen LogP) is 2.75. The van der Waals surface area contributed by atoms with Gasteiger partial charge in [0.25, 0.3) is 5.56 Å². The van der Waals surface area contributed by atoms with Crippen LogP contribution in [0.3, 0.4) is 0 Å². The van der Waals surface area contributed by atoms with Crippen LogP contribution in [-0.2, 0) is 17.7 Å². The molecule has 2 heterocycles. The molecular weight excluding hydrogens is 372 g/mol. The lowest BCUT2D eigenvalue weighted by atomic mass is 9.94. The Kier molecular flexibility index (Phi) is 6.39. The lowest BCUT2D eigenvalue weighted by Crippen LogP contribution is -2.47. The minimum absolute atomic E-state index is 0.190. The normalized spacial score (nSPS) is 17.6. The predicted molar refractivity (Wildman–Crippen MR) is 111 cm³/mol. The molecule has 1 amide bonds. The van der Waals surface area contributed by atoms with Crippen LogP contribution in [0, 0.1) is 0 Å². The molecule has 3 rings (SSSR count). The smallest absolute Gasteiger partial charge is 0.410 e. The van der Waals surface area contributed by atoms with Crippen LogP contribution in [-0.4, -0.2) is 52.5 Å². The molecule has 2 aliphatic rings. The third kappa shape index (κ3) is 4.67. The molecule has 1 aromatic rings. The number of hydrogen-bond acceptors (Lipinski definition) is 6. The van der Waals surface area contributed by atoms with Gasteiger partial charge in [-0.1, -0.05) is 19.3 Å². The van der Waals surface area contributed by atoms with Crippen molar-refractivity contribution in [3.63, 3.8) is 0 Å². The van der Waals surface area contributed by atoms with E-state index in [1.165, 1.54) is 31.1 Å². The van der Waals surface area contributed by atoms with Gasteiger partial charge in [-0.2, -0.15) is 0 Å². The van der Waals surface area contributed by atoms with Crippen molar-refractivity contribution in [2.75, 3.05) is 25.1 Å². The van der Waals surface area contributed by atoms with Crippen LogP contribution < -0.4 is 15.3 Å². The fraction of sp³-hybridized carbons (Fsp3) is 0.762. The first-order valence-electron chi connectivity index (χ1n) is 10.7. The quantitative estimate of drug-likeness (QED) is 0.765. The molecule has 0 N–H and O–H groups in total. The molecule has 1 saturated carbocycles. The number of carbonyl (C=O) groups excluding carboxylic acids is 1. The van der Waals surface area contributed by atoms with Gasteiger partial charge in [-0.05, 0) is 40.5 Å². The van der Waals surface area contributed by atoms with Gasteiger partial charge in [-0.15, -0.1) is 4.73 Å². The number of hydrogen-bond donors (Lipinski definition) is 0. The molecule has 1 fully saturated rings. The number of ether oxygens (including phenoxy) is 1. The van der Waals surface area contributed by atoms with Crippen LogP contribution >= 0.6 is 0 Å². The lowest BCUT2D eigenvalue weighted by molar-refractivity contribution is 0.0219. The Morgan fingerprint density at radius 2 is 1.93 bits per heavy atom. The molecular formula is C21H34N4O4. The standard InChI is InChI=1S/C21H34N4O4/c1-6-24(15-10-8-7-9-11-15)19-22-17-12-13-23(20(27)29-21(2,3)4)14-16(17)18(26)25(19)28-5/h15H,6-14H2,1-5H3. The fourth-order valence-electron chi connectivity index (χ4n) is 4.23. The summed E-state index contributed by atoms with van der Waals surface area (Å²) in [5.74, 6) is 0.580. The molecule has 0 bridgehead atoms. The average Bonchev–Trinajstić information content (AvgIpc) is 2.68. The van der Waals surface area contributed by atoms with Gasteiger partial charge in [0.2, 0.25) is 5.95 Å². The molecule has 0 saturated heterocycles. The van der Waals surface area contributed by atoms with E-state index in [4.69, 9.17) is 14.6 Å². The fourth-order valence-corrected chi connectivity index (χ4v) is 4.23. The van der Waals surface area contributed by atoms with Crippen LogP contribution in [0.5, 0.6) is 0 Å². The van der Waals surface area contributed by atoms with Crippen molar-refractivity contribution in [3.8, 4) is 0 Å². The molecule has 0 atom stereocenters. The summed E-state index contributed by atoms with van der Waals surface area (Å²) in [5.41, 5.74) is 0.447. The van der Waals surface area contributed by atoms with E-state index in [2.05, 4.69) is 11.8 Å². The number of fused-ring (bicyclic) bond motifs is 1. The van der Waals surface area contributed by atoms with E-state index in [-0.39, 0.29) is 12.1 Å². The van der Waals surface area contributed by atoms with Crippen LogP contribution in [0.15, 0.2) is 4.79 Å². The van der Waals surface area contributed by atoms with E-state index in [0.29, 0.717) is 30.5 Å². The van der Waals surface area contributed by atoms with Gasteiger partial charge in [0, 0.05) is 25.6 Å². The molecule has 0 spiro atoms. The van der Waals surface area contributed by atoms with E-state index < -0.39 is 11.7 Å². The van der Waals surface area contributed by atoms with Gasteiger partial charge >= 0.3 is 6.09 Å². The summed E-state index contributed by atoms with van der Waals surface area (Å²) in [4.78, 5) is 39.7. The SMILES string of the molecule is CCN(c1nc2c(c(=O)n1OC)CN(C(=O)OC(C)(C)C)CC2)C1CCCCC1. The zero-order valence-electron chi connectivity index (χ0n) is 18.4. The maximum absolute atomic E-state index is 13.2. The molecule has 1 aliphatic carbocycles. The molecule has 1 aromatic heterocycles. The van der Waals surface area contributed by atoms with Crippen LogP contribution in [0.25, 0.3) is 0 Å². The highest BCUT2D eigenvalue weighted by atomic mass is 16.7. The second-order valence-corrected chi connectivity index (χ2v) is 8.85. The summed E-state index contributed by atoms with van der Waals surface area (Å²) in [7, 11) is 1.49. The lowest BCUT2D eigenvalue weighted by Gasteiger charge is -2.36. The maximum atomic E-state index is 13.2. The minimum atomic E-state index is -0.576. The highest BCUT2D eigenvalue weighted by Crippen LogP contribution is 2.27. The van der Waals surface area contributed by atoms with E-state index in [1.54, 1.807) is 4.90 Å². The van der Waals surface area contributed by atoms with Gasteiger partial charge in [-0.25, -0.2) is 9.78 Å². The summed E-state index contributed by atoms with van der Waals surface area (Å²) in [6.45, 7) is 9.03. The van der Waals surface area contributed by atoms with Crippen molar-refractivity contribution in [1.29, 1.82) is 0 Å². The second-order valence-electron chi connectivity index (χ2n) is 8.85. The average molecular weight is 407 g/mol. The number of amides is 1. The molecule has 162 valence electrons. The van der Waals surface area contributed by atoms with Crippen molar-refractivity contribution in [2.45, 2.75) is 84.4 Å². The first kappa shape index (κ1) is 21.5. The number of anilines is 1. The van der Waals surface area contributed by atoms with Crippen LogP contribution in [0.1, 0.15) is 71.1 Å². The monoisotopic (exact) mass is 406 g/mol. The number of aromatic nitrogens is 2. The van der Waals surface area contributed by atoms with Gasteiger partial charge in [0.15, 0.2) is 0 Å². The van der Waals surface area contributed by atoms with E-state index in [1.807, 2.05) is 20.8 Å². The summed E-state index contributed by atoms with van der Waals surface area (Å²) in [6, 6.07) is 0.377. The Morgan fingerprint density at radius 1 is 1.24 bits per heavy atom. The molecule has 0 radical (unpaired) electrons. The summed E-state index contributed by atoms with van der Waals surface area (Å²) in [6.07, 6.45) is 6.01. The number of rotatable bonds is 4. The zero-order chi connectivity index (χ0) is 21.2. The van der Waals surface area contributed by atoms with Gasteiger partial charge < -0.3 is 19.4 Å². The Bertz CT molecular complexity index is 793. The largest absolute Gasteiger partial charge is 0.444 e. The first-order chi connectivity index (χ1) is 13.7. The Morgan fingerprint density at radius 3 is 2.52 bits per heavy atom. The second kappa shape index (κ2) is 8.63. The molecule has 29 heavy (non-hydrogen) atoms. The Labute approximate surface area is 172 Å². The third-order valence-corrected chi connectivity index (χ3v) is 5.62. The summed E-state index contributed by atoms with van der Waals surface area (Å²) in [5, 5.41) is 0. The van der Waals surface area contributed by atoms with Gasteiger partial charge in [0.05, 0.1) is 17.8 Å². The maximum Gasteiger partial charge on any atom is 0.410 e. The van der Waals surface area contributed by atoms with Crippen molar-refractivity contribution >= 4 is 12.0 Å². The summed E-state index contributed by atoms with van der Waals surface area (Å²) >= 11 is 0. The Hall–Kier alpha value is -2.25. The van der Waals surface area contributed by atoms with Gasteiger partial charge in [0.1, 0.15) is 12.7 Å². The Balaban J connectivity index is 1.91. The van der Waals surface area contributed by atoms with Crippen LogP contribution in [0.4, 0.5) is 10.7 Å². The topological polar surface area (TPSA) is 76.9 Å². The highest BCUT2D eigenvalue weighted by molar-refractivity contribution is 5.68. The first-order valence-corrected chi connectivity index (χ1v) is 10.7. The number of nitrogens with zero attached hydrogens (tertiary/aromatic N) is 4. The zero-order valence-corrected chi connectivity index (χ0v) is 18.4. The number of carbonyl (C=O) groups is 1.